The largest absolute Gasteiger partial charge is 0.478 e. The molecule has 0 atom stereocenters. The van der Waals surface area contributed by atoms with Crippen LogP contribution in [0.4, 0.5) is 4.79 Å². The molecule has 5 nitrogen and oxygen atoms in total. The average molecular weight is 308 g/mol. The van der Waals surface area contributed by atoms with Crippen molar-refractivity contribution in [2.75, 3.05) is 18.6 Å². The van der Waals surface area contributed by atoms with Gasteiger partial charge in [-0.1, -0.05) is 12.1 Å². The van der Waals surface area contributed by atoms with E-state index in [2.05, 4.69) is 5.32 Å². The van der Waals surface area contributed by atoms with Crippen LogP contribution < -0.4 is 5.32 Å². The molecule has 21 heavy (non-hydrogen) atoms. The Morgan fingerprint density at radius 2 is 1.90 bits per heavy atom. The minimum Gasteiger partial charge on any atom is -0.478 e. The quantitative estimate of drug-likeness (QED) is 0.896. The third-order valence-corrected chi connectivity index (χ3v) is 4.56. The van der Waals surface area contributed by atoms with Crippen molar-refractivity contribution in [1.82, 2.24) is 10.2 Å². The van der Waals surface area contributed by atoms with Crippen LogP contribution in [-0.4, -0.2) is 46.6 Å². The number of benzene rings is 1. The summed E-state index contributed by atoms with van der Waals surface area (Å²) in [5.41, 5.74) is 1.17. The fraction of sp³-hybridized carbons (Fsp3) is 0.467. The Balaban J connectivity index is 1.86. The highest BCUT2D eigenvalue weighted by atomic mass is 32.2. The van der Waals surface area contributed by atoms with Crippen molar-refractivity contribution in [2.45, 2.75) is 25.4 Å². The van der Waals surface area contributed by atoms with Crippen LogP contribution in [0.25, 0.3) is 0 Å². The van der Waals surface area contributed by atoms with E-state index in [-0.39, 0.29) is 17.6 Å². The van der Waals surface area contributed by atoms with Crippen molar-refractivity contribution in [3.8, 4) is 0 Å². The molecular formula is C15H20N2O3S. The van der Waals surface area contributed by atoms with E-state index in [1.807, 2.05) is 11.8 Å². The van der Waals surface area contributed by atoms with Crippen molar-refractivity contribution in [2.24, 2.45) is 0 Å². The minimum absolute atomic E-state index is 0.0748. The predicted octanol–water partition coefficient (Wildman–Crippen LogP) is 2.42. The standard InChI is InChI=1S/C15H20N2O3S/c1-17(15(20)16-13-6-8-21-9-7-13)10-11-2-4-12(5-3-11)14(18)19/h2-5,13H,6-10H2,1H3,(H,16,20)(H,18,19). The summed E-state index contributed by atoms with van der Waals surface area (Å²) in [5, 5.41) is 11.9. The van der Waals surface area contributed by atoms with Gasteiger partial charge in [0.15, 0.2) is 0 Å². The van der Waals surface area contributed by atoms with Gasteiger partial charge in [-0.3, -0.25) is 0 Å². The number of urea groups is 1. The number of carbonyl (C=O) groups is 2. The van der Waals surface area contributed by atoms with Gasteiger partial charge in [0.1, 0.15) is 0 Å². The third kappa shape index (κ3) is 4.67. The Morgan fingerprint density at radius 3 is 2.48 bits per heavy atom. The highest BCUT2D eigenvalue weighted by molar-refractivity contribution is 7.99. The first-order valence-corrected chi connectivity index (χ1v) is 8.13. The fourth-order valence-corrected chi connectivity index (χ4v) is 3.33. The lowest BCUT2D eigenvalue weighted by molar-refractivity contribution is 0.0697. The van der Waals surface area contributed by atoms with E-state index >= 15 is 0 Å². The molecule has 0 radical (unpaired) electrons. The first kappa shape index (κ1) is 15.7. The van der Waals surface area contributed by atoms with Crippen LogP contribution in [0.15, 0.2) is 24.3 Å². The molecule has 0 unspecified atom stereocenters. The Hall–Kier alpha value is -1.69. The number of amides is 2. The van der Waals surface area contributed by atoms with Gasteiger partial charge in [0.25, 0.3) is 0 Å². The first-order valence-electron chi connectivity index (χ1n) is 6.98. The zero-order chi connectivity index (χ0) is 15.2. The van der Waals surface area contributed by atoms with Crippen molar-refractivity contribution in [3.63, 3.8) is 0 Å². The lowest BCUT2D eigenvalue weighted by atomic mass is 10.1. The normalized spacial score (nSPS) is 15.5. The smallest absolute Gasteiger partial charge is 0.335 e. The molecule has 1 heterocycles. The summed E-state index contributed by atoms with van der Waals surface area (Å²) in [6, 6.07) is 6.79. The number of thioether (sulfide) groups is 1. The second-order valence-electron chi connectivity index (χ2n) is 5.19. The number of aromatic carboxylic acids is 1. The van der Waals surface area contributed by atoms with E-state index in [1.54, 1.807) is 36.2 Å². The summed E-state index contributed by atoms with van der Waals surface area (Å²) in [6.45, 7) is 0.465. The second-order valence-corrected chi connectivity index (χ2v) is 6.42. The monoisotopic (exact) mass is 308 g/mol. The molecule has 1 fully saturated rings. The van der Waals surface area contributed by atoms with Gasteiger partial charge in [-0.2, -0.15) is 11.8 Å². The number of hydrogen-bond donors (Lipinski definition) is 2. The Morgan fingerprint density at radius 1 is 1.29 bits per heavy atom. The van der Waals surface area contributed by atoms with Crippen molar-refractivity contribution < 1.29 is 14.7 Å². The van der Waals surface area contributed by atoms with Crippen LogP contribution in [0.2, 0.25) is 0 Å². The van der Waals surface area contributed by atoms with E-state index in [0.717, 1.165) is 29.9 Å². The first-order chi connectivity index (χ1) is 10.1. The molecule has 1 aromatic rings. The number of nitrogens with zero attached hydrogens (tertiary/aromatic N) is 1. The van der Waals surface area contributed by atoms with Crippen molar-refractivity contribution in [3.05, 3.63) is 35.4 Å². The number of rotatable bonds is 4. The molecule has 1 aromatic carbocycles. The summed E-state index contributed by atoms with van der Waals surface area (Å²) in [6.07, 6.45) is 2.05. The van der Waals surface area contributed by atoms with Gasteiger partial charge in [-0.05, 0) is 42.0 Å². The topological polar surface area (TPSA) is 69.6 Å². The Bertz CT molecular complexity index is 498. The van der Waals surface area contributed by atoms with Crippen LogP contribution in [0.3, 0.4) is 0 Å². The highest BCUT2D eigenvalue weighted by Crippen LogP contribution is 2.17. The lowest BCUT2D eigenvalue weighted by Gasteiger charge is -2.26. The number of carboxylic acid groups (broad SMARTS) is 1. The molecule has 2 amide bonds. The van der Waals surface area contributed by atoms with E-state index < -0.39 is 5.97 Å². The molecule has 6 heteroatoms. The van der Waals surface area contributed by atoms with Crippen molar-refractivity contribution >= 4 is 23.8 Å². The Kier molecular flexibility index (Phi) is 5.50. The maximum Gasteiger partial charge on any atom is 0.335 e. The number of carboxylic acids is 1. The van der Waals surface area contributed by atoms with E-state index in [4.69, 9.17) is 5.11 Å². The van der Waals surface area contributed by atoms with E-state index in [1.165, 1.54) is 0 Å². The number of nitrogens with one attached hydrogen (secondary N) is 1. The van der Waals surface area contributed by atoms with Crippen LogP contribution in [0.5, 0.6) is 0 Å². The SMILES string of the molecule is CN(Cc1ccc(C(=O)O)cc1)C(=O)NC1CCSCC1. The van der Waals surface area contributed by atoms with Crippen LogP contribution in [0.1, 0.15) is 28.8 Å². The summed E-state index contributed by atoms with van der Waals surface area (Å²) >= 11 is 1.93. The van der Waals surface area contributed by atoms with Gasteiger partial charge >= 0.3 is 12.0 Å². The van der Waals surface area contributed by atoms with Gasteiger partial charge in [-0.25, -0.2) is 9.59 Å². The molecule has 0 bridgehead atoms. The summed E-state index contributed by atoms with van der Waals surface area (Å²) in [7, 11) is 1.75. The average Bonchev–Trinajstić information content (AvgIpc) is 2.48. The van der Waals surface area contributed by atoms with Gasteiger partial charge in [-0.15, -0.1) is 0 Å². The van der Waals surface area contributed by atoms with Crippen molar-refractivity contribution in [1.29, 1.82) is 0 Å². The molecule has 1 aliphatic rings. The van der Waals surface area contributed by atoms with E-state index in [9.17, 15) is 9.59 Å². The van der Waals surface area contributed by atoms with Gasteiger partial charge in [0.2, 0.25) is 0 Å². The molecule has 0 aromatic heterocycles. The lowest BCUT2D eigenvalue weighted by Crippen LogP contribution is -2.44. The molecule has 0 saturated carbocycles. The van der Waals surface area contributed by atoms with Gasteiger partial charge in [0.05, 0.1) is 5.56 Å². The van der Waals surface area contributed by atoms with Gasteiger partial charge < -0.3 is 15.3 Å². The zero-order valence-electron chi connectivity index (χ0n) is 12.0. The molecular weight excluding hydrogens is 288 g/mol. The molecule has 0 aliphatic carbocycles. The zero-order valence-corrected chi connectivity index (χ0v) is 12.9. The highest BCUT2D eigenvalue weighted by Gasteiger charge is 2.18. The molecule has 2 N–H and O–H groups in total. The number of hydrogen-bond acceptors (Lipinski definition) is 3. The molecule has 114 valence electrons. The predicted molar refractivity (Wildman–Crippen MR) is 83.7 cm³/mol. The third-order valence-electron chi connectivity index (χ3n) is 3.52. The number of carbonyl (C=O) groups excluding carboxylic acids is 1. The van der Waals surface area contributed by atoms with Crippen LogP contribution in [-0.2, 0) is 6.54 Å². The summed E-state index contributed by atoms with van der Waals surface area (Å²) in [4.78, 5) is 24.5. The Labute approximate surface area is 128 Å². The molecule has 2 rings (SSSR count). The summed E-state index contributed by atoms with van der Waals surface area (Å²) < 4.78 is 0. The van der Waals surface area contributed by atoms with Gasteiger partial charge in [0, 0.05) is 19.6 Å². The van der Waals surface area contributed by atoms with Crippen LogP contribution >= 0.6 is 11.8 Å². The van der Waals surface area contributed by atoms with E-state index in [0.29, 0.717) is 6.54 Å². The minimum atomic E-state index is -0.942. The maximum atomic E-state index is 12.1. The fourth-order valence-electron chi connectivity index (χ4n) is 2.23. The maximum absolute atomic E-state index is 12.1. The summed E-state index contributed by atoms with van der Waals surface area (Å²) in [5.74, 6) is 1.26. The molecule has 0 spiro atoms. The molecule has 1 saturated heterocycles. The second kappa shape index (κ2) is 7.36. The molecule has 1 aliphatic heterocycles. The van der Waals surface area contributed by atoms with Crippen LogP contribution in [0, 0.1) is 0 Å².